The van der Waals surface area contributed by atoms with Gasteiger partial charge in [-0.25, -0.2) is 4.39 Å². The highest BCUT2D eigenvalue weighted by Gasteiger charge is 2.28. The number of benzene rings is 1. The van der Waals surface area contributed by atoms with Crippen molar-refractivity contribution in [2.24, 2.45) is 0 Å². The minimum atomic E-state index is -0.844. The Labute approximate surface area is 113 Å². The van der Waals surface area contributed by atoms with Gasteiger partial charge in [0.1, 0.15) is 11.9 Å². The summed E-state index contributed by atoms with van der Waals surface area (Å²) in [5, 5.41) is 4.69. The van der Waals surface area contributed by atoms with E-state index in [0.717, 1.165) is 6.07 Å². The molecule has 0 aliphatic carbocycles. The first-order valence-corrected chi connectivity index (χ1v) is 5.95. The number of hydrogen-bond acceptors (Lipinski definition) is 3. The van der Waals surface area contributed by atoms with E-state index in [1.807, 2.05) is 0 Å². The van der Waals surface area contributed by atoms with Gasteiger partial charge < -0.3 is 5.32 Å². The van der Waals surface area contributed by atoms with Crippen LogP contribution in [0, 0.1) is 5.82 Å². The molecule has 3 amide bonds. The highest BCUT2D eigenvalue weighted by atomic mass is 35.5. The molecule has 0 spiro atoms. The predicted octanol–water partition coefficient (Wildman–Crippen LogP) is 1.01. The van der Waals surface area contributed by atoms with Gasteiger partial charge in [0.25, 0.3) is 5.91 Å². The molecule has 1 aromatic rings. The third-order valence-corrected chi connectivity index (χ3v) is 2.95. The van der Waals surface area contributed by atoms with Crippen LogP contribution in [0.3, 0.4) is 0 Å². The summed E-state index contributed by atoms with van der Waals surface area (Å²) < 4.78 is 13.5. The summed E-state index contributed by atoms with van der Waals surface area (Å²) in [6.45, 7) is 0. The summed E-state index contributed by atoms with van der Waals surface area (Å²) >= 11 is 5.68. The monoisotopic (exact) mass is 284 g/mol. The molecular weight excluding hydrogens is 275 g/mol. The molecule has 1 fully saturated rings. The summed E-state index contributed by atoms with van der Waals surface area (Å²) in [5.74, 6) is -2.44. The van der Waals surface area contributed by atoms with Gasteiger partial charge >= 0.3 is 0 Å². The van der Waals surface area contributed by atoms with E-state index >= 15 is 0 Å². The van der Waals surface area contributed by atoms with Crippen LogP contribution < -0.4 is 10.6 Å². The molecule has 100 valence electrons. The van der Waals surface area contributed by atoms with Gasteiger partial charge in [-0.3, -0.25) is 19.7 Å². The van der Waals surface area contributed by atoms with Crippen molar-refractivity contribution in [2.75, 3.05) is 0 Å². The third kappa shape index (κ3) is 3.08. The van der Waals surface area contributed by atoms with Crippen molar-refractivity contribution < 1.29 is 18.8 Å². The van der Waals surface area contributed by atoms with Gasteiger partial charge in [-0.1, -0.05) is 11.6 Å². The van der Waals surface area contributed by atoms with Crippen LogP contribution in [-0.2, 0) is 9.59 Å². The van der Waals surface area contributed by atoms with E-state index in [1.165, 1.54) is 12.1 Å². The van der Waals surface area contributed by atoms with Gasteiger partial charge in [0.2, 0.25) is 11.8 Å². The Kier molecular flexibility index (Phi) is 3.80. The largest absolute Gasteiger partial charge is 0.340 e. The Bertz CT molecular complexity index is 562. The molecule has 1 unspecified atom stereocenters. The summed E-state index contributed by atoms with van der Waals surface area (Å²) in [5.41, 5.74) is -0.239. The van der Waals surface area contributed by atoms with Crippen molar-refractivity contribution in [3.8, 4) is 0 Å². The molecule has 1 aliphatic rings. The zero-order valence-corrected chi connectivity index (χ0v) is 10.5. The quantitative estimate of drug-likeness (QED) is 0.796. The first kappa shape index (κ1) is 13.5. The second-order valence-electron chi connectivity index (χ2n) is 4.10. The first-order chi connectivity index (χ1) is 8.97. The van der Waals surface area contributed by atoms with Crippen LogP contribution >= 0.6 is 11.6 Å². The van der Waals surface area contributed by atoms with Gasteiger partial charge in [-0.05, 0) is 24.6 Å². The number of nitrogens with one attached hydrogen (secondary N) is 2. The molecule has 1 atom stereocenters. The Hall–Kier alpha value is -1.95. The van der Waals surface area contributed by atoms with Crippen molar-refractivity contribution >= 4 is 29.3 Å². The number of carbonyl (C=O) groups is 3. The fourth-order valence-corrected chi connectivity index (χ4v) is 1.91. The molecule has 0 aromatic heterocycles. The topological polar surface area (TPSA) is 75.3 Å². The van der Waals surface area contributed by atoms with Crippen molar-refractivity contribution in [3.63, 3.8) is 0 Å². The Balaban J connectivity index is 2.11. The third-order valence-electron chi connectivity index (χ3n) is 2.72. The van der Waals surface area contributed by atoms with E-state index in [9.17, 15) is 18.8 Å². The van der Waals surface area contributed by atoms with E-state index in [1.54, 1.807) is 0 Å². The van der Waals surface area contributed by atoms with E-state index in [4.69, 9.17) is 11.6 Å². The van der Waals surface area contributed by atoms with Crippen LogP contribution in [0.5, 0.6) is 0 Å². The second-order valence-corrected chi connectivity index (χ2v) is 4.54. The Morgan fingerprint density at radius 2 is 2.16 bits per heavy atom. The fraction of sp³-hybridized carbons (Fsp3) is 0.250. The molecule has 0 radical (unpaired) electrons. The molecule has 2 N–H and O–H groups in total. The van der Waals surface area contributed by atoms with Crippen LogP contribution in [0.15, 0.2) is 18.2 Å². The fourth-order valence-electron chi connectivity index (χ4n) is 1.74. The van der Waals surface area contributed by atoms with Crippen molar-refractivity contribution in [3.05, 3.63) is 34.6 Å². The number of hydrogen-bond donors (Lipinski definition) is 2. The lowest BCUT2D eigenvalue weighted by molar-refractivity contribution is -0.134. The smallest absolute Gasteiger partial charge is 0.254 e. The highest BCUT2D eigenvalue weighted by molar-refractivity contribution is 6.31. The lowest BCUT2D eigenvalue weighted by atomic mass is 10.1. The predicted molar refractivity (Wildman–Crippen MR) is 65.0 cm³/mol. The molecule has 0 bridgehead atoms. The molecule has 7 heteroatoms. The van der Waals surface area contributed by atoms with Gasteiger partial charge in [0.05, 0.1) is 5.56 Å². The molecule has 1 saturated heterocycles. The molecule has 5 nitrogen and oxygen atoms in total. The van der Waals surface area contributed by atoms with Crippen molar-refractivity contribution in [1.29, 1.82) is 0 Å². The van der Waals surface area contributed by atoms with Crippen molar-refractivity contribution in [2.45, 2.75) is 18.9 Å². The minimum absolute atomic E-state index is 0.134. The Morgan fingerprint density at radius 1 is 1.42 bits per heavy atom. The van der Waals surface area contributed by atoms with Gasteiger partial charge in [0, 0.05) is 11.4 Å². The van der Waals surface area contributed by atoms with Gasteiger partial charge in [-0.15, -0.1) is 0 Å². The number of rotatable bonds is 2. The summed E-state index contributed by atoms with van der Waals surface area (Å²) in [6, 6.07) is 2.73. The number of piperidine rings is 1. The lowest BCUT2D eigenvalue weighted by Crippen LogP contribution is -2.52. The summed E-state index contributed by atoms with van der Waals surface area (Å²) in [7, 11) is 0. The lowest BCUT2D eigenvalue weighted by Gasteiger charge is -2.21. The average Bonchev–Trinajstić information content (AvgIpc) is 2.35. The summed E-state index contributed by atoms with van der Waals surface area (Å²) in [6.07, 6.45) is 0.327. The van der Waals surface area contributed by atoms with E-state index < -0.39 is 23.7 Å². The van der Waals surface area contributed by atoms with Crippen LogP contribution in [0.25, 0.3) is 0 Å². The zero-order valence-electron chi connectivity index (χ0n) is 9.70. The normalized spacial score (nSPS) is 18.9. The standard InChI is InChI=1S/C12H10ClFN2O3/c13-6-1-2-8(14)7(5-6)11(18)15-9-3-4-10(17)16-12(9)19/h1-2,5,9H,3-4H2,(H,15,18)(H,16,17,19). The maximum absolute atomic E-state index is 13.5. The number of imide groups is 1. The van der Waals surface area contributed by atoms with Gasteiger partial charge in [-0.2, -0.15) is 0 Å². The maximum Gasteiger partial charge on any atom is 0.254 e. The van der Waals surface area contributed by atoms with E-state index in [-0.39, 0.29) is 29.3 Å². The molecule has 2 rings (SSSR count). The van der Waals surface area contributed by atoms with Crippen molar-refractivity contribution in [1.82, 2.24) is 10.6 Å². The highest BCUT2D eigenvalue weighted by Crippen LogP contribution is 2.15. The number of halogens is 2. The Morgan fingerprint density at radius 3 is 2.84 bits per heavy atom. The number of amides is 3. The zero-order chi connectivity index (χ0) is 14.0. The first-order valence-electron chi connectivity index (χ1n) is 5.57. The molecule has 1 heterocycles. The second kappa shape index (κ2) is 5.36. The minimum Gasteiger partial charge on any atom is -0.340 e. The molecule has 19 heavy (non-hydrogen) atoms. The average molecular weight is 285 g/mol. The van der Waals surface area contributed by atoms with Crippen LogP contribution in [0.4, 0.5) is 4.39 Å². The van der Waals surface area contributed by atoms with E-state index in [2.05, 4.69) is 10.6 Å². The molecule has 0 saturated carbocycles. The molecule has 1 aromatic carbocycles. The molecule has 1 aliphatic heterocycles. The molecular formula is C12H10ClFN2O3. The summed E-state index contributed by atoms with van der Waals surface area (Å²) in [4.78, 5) is 34.2. The number of carbonyl (C=O) groups excluding carboxylic acids is 3. The maximum atomic E-state index is 13.5. The SMILES string of the molecule is O=C1CCC(NC(=O)c2cc(Cl)ccc2F)C(=O)N1. The van der Waals surface area contributed by atoms with E-state index in [0.29, 0.717) is 0 Å². The van der Waals surface area contributed by atoms with Crippen LogP contribution in [0.1, 0.15) is 23.2 Å². The van der Waals surface area contributed by atoms with Gasteiger partial charge in [0.15, 0.2) is 0 Å². The van der Waals surface area contributed by atoms with Crippen LogP contribution in [0.2, 0.25) is 5.02 Å². The van der Waals surface area contributed by atoms with Crippen LogP contribution in [-0.4, -0.2) is 23.8 Å².